The van der Waals surface area contributed by atoms with Crippen LogP contribution in [-0.2, 0) is 6.42 Å². The van der Waals surface area contributed by atoms with Crippen LogP contribution < -0.4 is 0 Å². The summed E-state index contributed by atoms with van der Waals surface area (Å²) in [5, 5.41) is 4.42. The van der Waals surface area contributed by atoms with E-state index in [1.165, 1.54) is 11.1 Å². The number of aryl methyl sites for hydroxylation is 1. The highest BCUT2D eigenvalue weighted by Gasteiger charge is 2.20. The van der Waals surface area contributed by atoms with Crippen LogP contribution in [0, 0.1) is 0 Å². The molecule has 9 aromatic rings. The van der Waals surface area contributed by atoms with Crippen molar-refractivity contribution in [3.05, 3.63) is 169 Å². The van der Waals surface area contributed by atoms with E-state index < -0.39 is 0 Å². The van der Waals surface area contributed by atoms with Gasteiger partial charge in [-0.05, 0) is 69.6 Å². The maximum Gasteiger partial charge on any atom is 0.164 e. The third kappa shape index (κ3) is 5.03. The van der Waals surface area contributed by atoms with Gasteiger partial charge in [0.2, 0.25) is 0 Å². The molecule has 51 heavy (non-hydrogen) atoms. The minimum absolute atomic E-state index is 0.652. The Morgan fingerprint density at radius 2 is 1.10 bits per heavy atom. The van der Waals surface area contributed by atoms with Gasteiger partial charge in [-0.3, -0.25) is 0 Å². The molecule has 2 aromatic heterocycles. The van der Waals surface area contributed by atoms with E-state index in [1.54, 1.807) is 0 Å². The molecule has 0 radical (unpaired) electrons. The Bertz CT molecular complexity index is 2800. The van der Waals surface area contributed by atoms with Gasteiger partial charge in [-0.15, -0.1) is 0 Å². The highest BCUT2D eigenvalue weighted by atomic mass is 16.3. The Labute approximate surface area is 295 Å². The summed E-state index contributed by atoms with van der Waals surface area (Å²) in [4.78, 5) is 15.3. The maximum absolute atomic E-state index is 6.62. The molecule has 10 rings (SSSR count). The van der Waals surface area contributed by atoms with E-state index in [9.17, 15) is 0 Å². The van der Waals surface area contributed by atoms with Crippen molar-refractivity contribution in [2.45, 2.75) is 12.8 Å². The molecule has 0 spiro atoms. The van der Waals surface area contributed by atoms with Crippen molar-refractivity contribution in [3.8, 4) is 56.4 Å². The van der Waals surface area contributed by atoms with Crippen molar-refractivity contribution in [2.75, 3.05) is 0 Å². The summed E-state index contributed by atoms with van der Waals surface area (Å²) < 4.78 is 6.62. The molecule has 0 fully saturated rings. The van der Waals surface area contributed by atoms with E-state index >= 15 is 0 Å². The van der Waals surface area contributed by atoms with Crippen LogP contribution >= 0.6 is 0 Å². The summed E-state index contributed by atoms with van der Waals surface area (Å²) in [5.74, 6) is 1.98. The minimum atomic E-state index is 0.652. The summed E-state index contributed by atoms with van der Waals surface area (Å²) in [6.45, 7) is 0. The Kier molecular flexibility index (Phi) is 6.91. The van der Waals surface area contributed by atoms with E-state index in [4.69, 9.17) is 19.4 Å². The monoisotopic (exact) mass is 653 g/mol. The van der Waals surface area contributed by atoms with Crippen LogP contribution in [0.25, 0.3) is 95.2 Å². The molecule has 0 unspecified atom stereocenters. The smallest absolute Gasteiger partial charge is 0.164 e. The topological polar surface area (TPSA) is 51.8 Å². The summed E-state index contributed by atoms with van der Waals surface area (Å²) in [6.07, 6.45) is 6.51. The molecule has 0 aliphatic heterocycles. The third-order valence-electron chi connectivity index (χ3n) is 10.0. The second-order valence-corrected chi connectivity index (χ2v) is 13.1. The largest absolute Gasteiger partial charge is 0.455 e. The number of aromatic nitrogens is 3. The molecule has 2 heterocycles. The van der Waals surface area contributed by atoms with Gasteiger partial charge in [0.15, 0.2) is 17.5 Å². The highest BCUT2D eigenvalue weighted by Crippen LogP contribution is 2.43. The average molecular weight is 654 g/mol. The van der Waals surface area contributed by atoms with Gasteiger partial charge in [0, 0.05) is 33.0 Å². The normalized spacial score (nSPS) is 12.5. The summed E-state index contributed by atoms with van der Waals surface area (Å²) >= 11 is 0. The highest BCUT2D eigenvalue weighted by molar-refractivity contribution is 6.18. The molecular weight excluding hydrogens is 623 g/mol. The van der Waals surface area contributed by atoms with Gasteiger partial charge in [-0.1, -0.05) is 146 Å². The third-order valence-corrected chi connectivity index (χ3v) is 10.0. The van der Waals surface area contributed by atoms with Gasteiger partial charge in [-0.25, -0.2) is 15.0 Å². The zero-order valence-electron chi connectivity index (χ0n) is 27.8. The van der Waals surface area contributed by atoms with Crippen molar-refractivity contribution in [1.82, 2.24) is 15.0 Å². The molecule has 240 valence electrons. The van der Waals surface area contributed by atoms with Crippen molar-refractivity contribution in [1.29, 1.82) is 0 Å². The van der Waals surface area contributed by atoms with Gasteiger partial charge >= 0.3 is 0 Å². The number of furan rings is 1. The Morgan fingerprint density at radius 1 is 0.451 bits per heavy atom. The number of benzene rings is 7. The molecule has 0 N–H and O–H groups in total. The van der Waals surface area contributed by atoms with Crippen LogP contribution in [0.5, 0.6) is 0 Å². The number of para-hydroxylation sites is 1. The molecular formula is C47H31N3O. The zero-order chi connectivity index (χ0) is 33.7. The predicted octanol–water partition coefficient (Wildman–Crippen LogP) is 12.2. The molecule has 0 amide bonds. The van der Waals surface area contributed by atoms with Crippen LogP contribution in [0.15, 0.2) is 162 Å². The van der Waals surface area contributed by atoms with Crippen LogP contribution in [0.3, 0.4) is 0 Å². The fraction of sp³-hybridized carbons (Fsp3) is 0.0426. The first kappa shape index (κ1) is 29.3. The van der Waals surface area contributed by atoms with Gasteiger partial charge in [0.25, 0.3) is 0 Å². The predicted molar refractivity (Wildman–Crippen MR) is 209 cm³/mol. The molecule has 1 aliphatic carbocycles. The second-order valence-electron chi connectivity index (χ2n) is 13.1. The number of hydrogen-bond donors (Lipinski definition) is 0. The van der Waals surface area contributed by atoms with E-state index in [0.717, 1.165) is 84.5 Å². The number of hydrogen-bond acceptors (Lipinski definition) is 4. The van der Waals surface area contributed by atoms with Crippen molar-refractivity contribution in [3.63, 3.8) is 0 Å². The Morgan fingerprint density at radius 3 is 1.92 bits per heavy atom. The molecule has 0 atom stereocenters. The van der Waals surface area contributed by atoms with Crippen LogP contribution in [-0.4, -0.2) is 15.0 Å². The first-order valence-corrected chi connectivity index (χ1v) is 17.4. The van der Waals surface area contributed by atoms with E-state index in [2.05, 4.69) is 140 Å². The van der Waals surface area contributed by atoms with Crippen LogP contribution in [0.4, 0.5) is 0 Å². The molecule has 4 heteroatoms. The second kappa shape index (κ2) is 12.0. The summed E-state index contributed by atoms with van der Waals surface area (Å²) in [6, 6.07) is 52.9. The number of fused-ring (bicyclic) bond motifs is 5. The maximum atomic E-state index is 6.62. The molecule has 0 bridgehead atoms. The minimum Gasteiger partial charge on any atom is -0.455 e. The molecule has 0 saturated heterocycles. The molecule has 1 aliphatic rings. The van der Waals surface area contributed by atoms with E-state index in [0.29, 0.717) is 17.5 Å². The molecule has 0 saturated carbocycles. The van der Waals surface area contributed by atoms with Crippen molar-refractivity contribution >= 4 is 38.8 Å². The number of rotatable bonds is 5. The van der Waals surface area contributed by atoms with E-state index in [-0.39, 0.29) is 0 Å². The van der Waals surface area contributed by atoms with Gasteiger partial charge < -0.3 is 4.42 Å². The average Bonchev–Trinajstić information content (AvgIpc) is 3.60. The first-order valence-electron chi connectivity index (χ1n) is 17.4. The molecule has 7 aromatic carbocycles. The van der Waals surface area contributed by atoms with Gasteiger partial charge in [0.05, 0.1) is 0 Å². The lowest BCUT2D eigenvalue weighted by molar-refractivity contribution is 0.670. The Hall–Kier alpha value is -6.65. The van der Waals surface area contributed by atoms with Crippen molar-refractivity contribution < 1.29 is 4.42 Å². The zero-order valence-corrected chi connectivity index (χ0v) is 27.8. The lowest BCUT2D eigenvalue weighted by Gasteiger charge is -2.15. The Balaban J connectivity index is 1.17. The fourth-order valence-electron chi connectivity index (χ4n) is 7.56. The van der Waals surface area contributed by atoms with Crippen LogP contribution in [0.1, 0.15) is 17.5 Å². The SMILES string of the molecule is C1=Cc2ccc(-c3nc(-c4ccccc4)nc(-c4ccc(-c5cccc6oc7c(-c8ccccc8)cccc7c56)c5ccccc45)n3)cc2CC1. The van der Waals surface area contributed by atoms with Gasteiger partial charge in [0.1, 0.15) is 11.2 Å². The fourth-order valence-corrected chi connectivity index (χ4v) is 7.56. The lowest BCUT2D eigenvalue weighted by atomic mass is 9.92. The number of nitrogens with zero attached hydrogens (tertiary/aromatic N) is 3. The van der Waals surface area contributed by atoms with Crippen molar-refractivity contribution in [2.24, 2.45) is 0 Å². The van der Waals surface area contributed by atoms with Crippen LogP contribution in [0.2, 0.25) is 0 Å². The first-order chi connectivity index (χ1) is 25.3. The summed E-state index contributed by atoms with van der Waals surface area (Å²) in [5.41, 5.74) is 11.8. The lowest BCUT2D eigenvalue weighted by Crippen LogP contribution is -2.02. The summed E-state index contributed by atoms with van der Waals surface area (Å²) in [7, 11) is 0. The number of allylic oxidation sites excluding steroid dienone is 1. The van der Waals surface area contributed by atoms with E-state index in [1.807, 2.05) is 24.3 Å². The van der Waals surface area contributed by atoms with Gasteiger partial charge in [-0.2, -0.15) is 0 Å². The standard InChI is InChI=1S/C47H31N3O/c1-3-14-31(15-4-1)35-21-11-23-41-43-39(22-12-24-42(43)51-44(35)41)38-27-28-40(37-20-10-9-19-36(37)38)47-49-45(32-16-5-2-6-17-32)48-46(50-47)34-26-25-30-13-7-8-18-33(30)29-34/h1-7,9-17,19-29H,8,18H2. The molecule has 4 nitrogen and oxygen atoms in total. The quantitative estimate of drug-likeness (QED) is 0.185.